The van der Waals surface area contributed by atoms with E-state index in [4.69, 9.17) is 5.73 Å². The van der Waals surface area contributed by atoms with E-state index in [-0.39, 0.29) is 21.1 Å². The van der Waals surface area contributed by atoms with E-state index in [0.29, 0.717) is 26.6 Å². The van der Waals surface area contributed by atoms with E-state index in [1.165, 1.54) is 16.9 Å². The molecule has 0 saturated heterocycles. The molecule has 172 valence electrons. The van der Waals surface area contributed by atoms with Crippen molar-refractivity contribution in [2.75, 3.05) is 5.32 Å². The lowest BCUT2D eigenvalue weighted by molar-refractivity contribution is 0.100. The number of primary amides is 1. The molecule has 0 atom stereocenters. The number of thiophene rings is 1. The molecule has 3 N–H and O–H groups in total. The number of halogens is 3. The van der Waals surface area contributed by atoms with Crippen LogP contribution in [0.4, 0.5) is 14.5 Å². The number of hydrogen-bond acceptors (Lipinski definition) is 6. The van der Waals surface area contributed by atoms with Gasteiger partial charge in [0, 0.05) is 30.2 Å². The van der Waals surface area contributed by atoms with Gasteiger partial charge >= 0.3 is 0 Å². The molecule has 0 aliphatic rings. The summed E-state index contributed by atoms with van der Waals surface area (Å²) in [6, 6.07) is 1.26. The molecule has 4 heterocycles. The number of hydrogen-bond donors (Lipinski definition) is 2. The van der Waals surface area contributed by atoms with E-state index >= 15 is 0 Å². The van der Waals surface area contributed by atoms with E-state index in [1.807, 2.05) is 36.4 Å². The summed E-state index contributed by atoms with van der Waals surface area (Å²) in [6.07, 6.45) is 0.267. The maximum absolute atomic E-state index is 13.7. The minimum absolute atomic E-state index is 0.0104. The fourth-order valence-corrected chi connectivity index (χ4v) is 5.34. The first kappa shape index (κ1) is 23.2. The van der Waals surface area contributed by atoms with E-state index in [1.54, 1.807) is 17.9 Å². The number of carbonyl (C=O) groups is 2. The number of fused-ring (bicyclic) bond motifs is 1. The van der Waals surface area contributed by atoms with Crippen molar-refractivity contribution in [1.82, 2.24) is 24.5 Å². The third-order valence-electron chi connectivity index (χ3n) is 5.17. The SMILES string of the molecule is CCn1ncc(-c2cc(C(F)F)nc3sc(C(N)=O)c(NC(=O)c4c(I)cnn4C)c23)c1C. The molecular weight excluding hydrogens is 567 g/mol. The third-order valence-corrected chi connectivity index (χ3v) is 7.06. The molecule has 0 saturated carbocycles. The fraction of sp³-hybridized carbons (Fsp3) is 0.250. The predicted octanol–water partition coefficient (Wildman–Crippen LogP) is 4.12. The molecule has 9 nitrogen and oxygen atoms in total. The van der Waals surface area contributed by atoms with Gasteiger partial charge in [-0.05, 0) is 48.1 Å². The standard InChI is InChI=1S/C20H18F2IN7O2S/c1-4-30-8(2)10(6-26-30)9-5-12(17(21)22)27-20-13(9)14(16(33-20)18(24)31)28-19(32)15-11(23)7-25-29(15)3/h5-7,17H,4H2,1-3H3,(H2,24,31)(H,28,32). The number of rotatable bonds is 6. The Hall–Kier alpha value is -2.94. The van der Waals surface area contributed by atoms with E-state index in [9.17, 15) is 18.4 Å². The molecule has 33 heavy (non-hydrogen) atoms. The van der Waals surface area contributed by atoms with Crippen LogP contribution in [-0.4, -0.2) is 36.4 Å². The van der Waals surface area contributed by atoms with Crippen LogP contribution in [0.5, 0.6) is 0 Å². The largest absolute Gasteiger partial charge is 0.365 e. The highest BCUT2D eigenvalue weighted by Crippen LogP contribution is 2.43. The number of aryl methyl sites for hydroxylation is 2. The molecule has 0 unspecified atom stereocenters. The molecule has 4 aromatic rings. The van der Waals surface area contributed by atoms with Gasteiger partial charge in [0.05, 0.1) is 21.7 Å². The van der Waals surface area contributed by atoms with Gasteiger partial charge in [-0.3, -0.25) is 19.0 Å². The molecule has 0 radical (unpaired) electrons. The van der Waals surface area contributed by atoms with Crippen LogP contribution in [0.2, 0.25) is 0 Å². The molecule has 0 aliphatic heterocycles. The molecule has 0 fully saturated rings. The molecule has 0 spiro atoms. The van der Waals surface area contributed by atoms with Gasteiger partial charge in [0.15, 0.2) is 0 Å². The second-order valence-electron chi connectivity index (χ2n) is 7.12. The summed E-state index contributed by atoms with van der Waals surface area (Å²) in [5, 5.41) is 11.5. The predicted molar refractivity (Wildman–Crippen MR) is 129 cm³/mol. The van der Waals surface area contributed by atoms with Gasteiger partial charge in [-0.1, -0.05) is 0 Å². The molecule has 4 aromatic heterocycles. The van der Waals surface area contributed by atoms with Crippen LogP contribution in [0.3, 0.4) is 0 Å². The zero-order chi connectivity index (χ0) is 24.0. The van der Waals surface area contributed by atoms with Crippen LogP contribution in [0.25, 0.3) is 21.3 Å². The monoisotopic (exact) mass is 585 g/mol. The zero-order valence-electron chi connectivity index (χ0n) is 17.7. The van der Waals surface area contributed by atoms with Crippen LogP contribution in [0, 0.1) is 10.5 Å². The maximum atomic E-state index is 13.7. The Kier molecular flexibility index (Phi) is 6.18. The van der Waals surface area contributed by atoms with E-state index in [0.717, 1.165) is 17.0 Å². The van der Waals surface area contributed by atoms with Crippen LogP contribution in [0.15, 0.2) is 18.5 Å². The Bertz CT molecular complexity index is 1390. The number of nitrogens with zero attached hydrogens (tertiary/aromatic N) is 5. The average molecular weight is 585 g/mol. The summed E-state index contributed by atoms with van der Waals surface area (Å²) in [7, 11) is 1.61. The van der Waals surface area contributed by atoms with Crippen molar-refractivity contribution >= 4 is 61.6 Å². The Morgan fingerprint density at radius 2 is 2.00 bits per heavy atom. The summed E-state index contributed by atoms with van der Waals surface area (Å²) in [5.41, 5.74) is 7.25. The molecule has 0 bridgehead atoms. The van der Waals surface area contributed by atoms with Crippen molar-refractivity contribution in [3.05, 3.63) is 44.0 Å². The van der Waals surface area contributed by atoms with Gasteiger partial charge < -0.3 is 11.1 Å². The summed E-state index contributed by atoms with van der Waals surface area (Å²) in [5.74, 6) is -1.33. The maximum Gasteiger partial charge on any atom is 0.280 e. The highest BCUT2D eigenvalue weighted by molar-refractivity contribution is 14.1. The Morgan fingerprint density at radius 3 is 2.55 bits per heavy atom. The summed E-state index contributed by atoms with van der Waals surface area (Å²) in [6.45, 7) is 4.31. The fourth-order valence-electron chi connectivity index (χ4n) is 3.60. The van der Waals surface area contributed by atoms with Crippen molar-refractivity contribution in [1.29, 1.82) is 0 Å². The Labute approximate surface area is 204 Å². The first-order chi connectivity index (χ1) is 15.6. The third kappa shape index (κ3) is 3.99. The molecular formula is C20H18F2IN7O2S. The highest BCUT2D eigenvalue weighted by Gasteiger charge is 2.27. The lowest BCUT2D eigenvalue weighted by Gasteiger charge is -2.11. The van der Waals surface area contributed by atoms with Gasteiger partial charge in [0.25, 0.3) is 18.2 Å². The number of pyridine rings is 1. The topological polar surface area (TPSA) is 121 Å². The molecule has 0 aliphatic carbocycles. The number of aromatic nitrogens is 5. The average Bonchev–Trinajstić information content (AvgIpc) is 3.42. The zero-order valence-corrected chi connectivity index (χ0v) is 20.7. The smallest absolute Gasteiger partial charge is 0.280 e. The minimum Gasteiger partial charge on any atom is -0.365 e. The first-order valence-corrected chi connectivity index (χ1v) is 11.6. The van der Waals surface area contributed by atoms with E-state index in [2.05, 4.69) is 20.5 Å². The quantitative estimate of drug-likeness (QED) is 0.330. The normalized spacial score (nSPS) is 11.5. The van der Waals surface area contributed by atoms with Crippen LogP contribution in [0.1, 0.15) is 44.9 Å². The van der Waals surface area contributed by atoms with Gasteiger partial charge in [0.2, 0.25) is 0 Å². The first-order valence-electron chi connectivity index (χ1n) is 9.71. The lowest BCUT2D eigenvalue weighted by Crippen LogP contribution is -2.20. The van der Waals surface area contributed by atoms with Crippen molar-refractivity contribution in [3.8, 4) is 11.1 Å². The number of alkyl halides is 2. The van der Waals surface area contributed by atoms with Gasteiger partial charge in [-0.15, -0.1) is 11.3 Å². The Morgan fingerprint density at radius 1 is 1.27 bits per heavy atom. The number of nitrogens with one attached hydrogen (secondary N) is 1. The number of amides is 2. The van der Waals surface area contributed by atoms with Crippen molar-refractivity contribution in [2.45, 2.75) is 26.8 Å². The molecule has 4 rings (SSSR count). The summed E-state index contributed by atoms with van der Waals surface area (Å²) >= 11 is 2.83. The van der Waals surface area contributed by atoms with Crippen molar-refractivity contribution in [2.24, 2.45) is 12.8 Å². The molecule has 13 heteroatoms. The van der Waals surface area contributed by atoms with E-state index < -0.39 is 23.9 Å². The van der Waals surface area contributed by atoms with Crippen molar-refractivity contribution < 1.29 is 18.4 Å². The van der Waals surface area contributed by atoms with Gasteiger partial charge in [-0.2, -0.15) is 10.2 Å². The number of nitrogens with two attached hydrogens (primary N) is 1. The molecule has 0 aromatic carbocycles. The second-order valence-corrected chi connectivity index (χ2v) is 9.29. The Balaban J connectivity index is 2.01. The van der Waals surface area contributed by atoms with Crippen LogP contribution >= 0.6 is 33.9 Å². The van der Waals surface area contributed by atoms with Gasteiger partial charge in [0.1, 0.15) is 21.1 Å². The number of anilines is 1. The second kappa shape index (κ2) is 8.78. The summed E-state index contributed by atoms with van der Waals surface area (Å²) in [4.78, 5) is 29.6. The lowest BCUT2D eigenvalue weighted by atomic mass is 10.0. The van der Waals surface area contributed by atoms with Crippen molar-refractivity contribution in [3.63, 3.8) is 0 Å². The summed E-state index contributed by atoms with van der Waals surface area (Å²) < 4.78 is 31.1. The minimum atomic E-state index is -2.83. The highest BCUT2D eigenvalue weighted by atomic mass is 127. The number of carbonyl (C=O) groups excluding carboxylic acids is 2. The van der Waals surface area contributed by atoms with Crippen LogP contribution in [-0.2, 0) is 13.6 Å². The molecule has 2 amide bonds. The van der Waals surface area contributed by atoms with Gasteiger partial charge in [-0.25, -0.2) is 13.8 Å². The van der Waals surface area contributed by atoms with Crippen LogP contribution < -0.4 is 11.1 Å².